The second-order valence-electron chi connectivity index (χ2n) is 8.45. The Balaban J connectivity index is 2.25. The van der Waals surface area contributed by atoms with Gasteiger partial charge in [-0.25, -0.2) is 4.39 Å². The summed E-state index contributed by atoms with van der Waals surface area (Å²) in [5, 5.41) is 20.9. The van der Waals surface area contributed by atoms with Gasteiger partial charge in [0.05, 0.1) is 6.61 Å². The molecule has 0 aliphatic carbocycles. The fourth-order valence-electron chi connectivity index (χ4n) is 3.80. The van der Waals surface area contributed by atoms with Crippen LogP contribution in [-0.2, 0) is 12.4 Å². The number of phenols is 1. The number of pyridine rings is 1. The van der Waals surface area contributed by atoms with E-state index in [1.54, 1.807) is 17.8 Å². The highest BCUT2D eigenvalue weighted by molar-refractivity contribution is 7.98. The molecule has 0 saturated carbocycles. The van der Waals surface area contributed by atoms with E-state index >= 15 is 0 Å². The number of aliphatic hydroxyl groups excluding tert-OH is 1. The zero-order valence-electron chi connectivity index (χ0n) is 18.7. The summed E-state index contributed by atoms with van der Waals surface area (Å²) in [6, 6.07) is 12.4. The first kappa shape index (κ1) is 23.3. The Kier molecular flexibility index (Phi) is 7.39. The molecule has 2 aromatic carbocycles. The zero-order valence-corrected chi connectivity index (χ0v) is 19.6. The third-order valence-electron chi connectivity index (χ3n) is 5.35. The molecule has 3 rings (SSSR count). The molecular formula is C26H30FNO2S. The summed E-state index contributed by atoms with van der Waals surface area (Å²) in [5.41, 5.74) is 5.91. The molecule has 164 valence electrons. The molecular weight excluding hydrogens is 409 g/mol. The minimum absolute atomic E-state index is 0.0970. The maximum Gasteiger partial charge on any atom is 0.126 e. The minimum atomic E-state index is -0.496. The Morgan fingerprint density at radius 2 is 1.55 bits per heavy atom. The Labute approximate surface area is 188 Å². The molecule has 0 radical (unpaired) electrons. The quantitative estimate of drug-likeness (QED) is 0.392. The van der Waals surface area contributed by atoms with Gasteiger partial charge in [-0.15, -0.1) is 11.8 Å². The monoisotopic (exact) mass is 439 g/mol. The van der Waals surface area contributed by atoms with Gasteiger partial charge in [-0.2, -0.15) is 0 Å². The number of aryl methyl sites for hydroxylation is 1. The second kappa shape index (κ2) is 9.84. The van der Waals surface area contributed by atoms with E-state index in [0.717, 1.165) is 33.5 Å². The molecule has 0 unspecified atom stereocenters. The predicted octanol–water partition coefficient (Wildman–Crippen LogP) is 6.93. The fraction of sp³-hybridized carbons (Fsp3) is 0.346. The van der Waals surface area contributed by atoms with Crippen molar-refractivity contribution in [1.29, 1.82) is 0 Å². The van der Waals surface area contributed by atoms with Gasteiger partial charge >= 0.3 is 0 Å². The van der Waals surface area contributed by atoms with Crippen molar-refractivity contribution in [1.82, 2.24) is 4.98 Å². The highest BCUT2D eigenvalue weighted by Crippen LogP contribution is 2.42. The third-order valence-corrected chi connectivity index (χ3v) is 6.39. The number of hydrogen-bond acceptors (Lipinski definition) is 4. The lowest BCUT2D eigenvalue weighted by Gasteiger charge is -2.24. The van der Waals surface area contributed by atoms with Crippen LogP contribution in [0.4, 0.5) is 4.39 Å². The number of aromatic hydroxyl groups is 1. The summed E-state index contributed by atoms with van der Waals surface area (Å²) in [4.78, 5) is 6.11. The molecule has 1 aromatic heterocycles. The Morgan fingerprint density at radius 3 is 2.10 bits per heavy atom. The standard InChI is InChI=1S/C26H30FNO2S/c1-15(2)25-21(13-29)24(20-11-8-18(27)12-23(20)30)22(26(28-25)16(3)4)14-31-19-9-6-17(5)7-10-19/h6-12,15-16,29-30H,13-14H2,1-5H3. The van der Waals surface area contributed by atoms with Crippen molar-refractivity contribution in [3.05, 3.63) is 76.4 Å². The highest BCUT2D eigenvalue weighted by atomic mass is 32.2. The van der Waals surface area contributed by atoms with E-state index in [9.17, 15) is 14.6 Å². The Hall–Kier alpha value is -2.37. The molecule has 0 aliphatic heterocycles. The number of nitrogens with zero attached hydrogens (tertiary/aromatic N) is 1. The van der Waals surface area contributed by atoms with Crippen molar-refractivity contribution >= 4 is 11.8 Å². The van der Waals surface area contributed by atoms with Crippen molar-refractivity contribution in [3.8, 4) is 16.9 Å². The van der Waals surface area contributed by atoms with E-state index in [0.29, 0.717) is 16.9 Å². The zero-order chi connectivity index (χ0) is 22.7. The molecule has 1 heterocycles. The topological polar surface area (TPSA) is 53.4 Å². The highest BCUT2D eigenvalue weighted by Gasteiger charge is 2.25. The number of hydrogen-bond donors (Lipinski definition) is 2. The lowest BCUT2D eigenvalue weighted by Crippen LogP contribution is -2.12. The second-order valence-corrected chi connectivity index (χ2v) is 9.49. The van der Waals surface area contributed by atoms with Crippen LogP contribution in [0, 0.1) is 12.7 Å². The van der Waals surface area contributed by atoms with Gasteiger partial charge in [-0.1, -0.05) is 45.4 Å². The average Bonchev–Trinajstić information content (AvgIpc) is 2.72. The van der Waals surface area contributed by atoms with Gasteiger partial charge < -0.3 is 10.2 Å². The molecule has 3 aromatic rings. The lowest BCUT2D eigenvalue weighted by molar-refractivity contribution is 0.279. The third kappa shape index (κ3) is 5.10. The summed E-state index contributed by atoms with van der Waals surface area (Å²) >= 11 is 1.69. The van der Waals surface area contributed by atoms with Gasteiger partial charge in [0.2, 0.25) is 0 Å². The smallest absolute Gasteiger partial charge is 0.126 e. The molecule has 5 heteroatoms. The van der Waals surface area contributed by atoms with Crippen molar-refractivity contribution in [2.75, 3.05) is 0 Å². The molecule has 31 heavy (non-hydrogen) atoms. The first-order valence-electron chi connectivity index (χ1n) is 10.6. The van der Waals surface area contributed by atoms with Gasteiger partial charge in [0.25, 0.3) is 0 Å². The van der Waals surface area contributed by atoms with Gasteiger partial charge in [0.15, 0.2) is 0 Å². The van der Waals surface area contributed by atoms with Crippen LogP contribution >= 0.6 is 11.8 Å². The lowest BCUT2D eigenvalue weighted by atomic mass is 9.87. The maximum absolute atomic E-state index is 13.7. The normalized spacial score (nSPS) is 11.5. The molecule has 0 bridgehead atoms. The average molecular weight is 440 g/mol. The first-order valence-corrected chi connectivity index (χ1v) is 11.6. The summed E-state index contributed by atoms with van der Waals surface area (Å²) in [6.45, 7) is 10.1. The van der Waals surface area contributed by atoms with E-state index in [2.05, 4.69) is 45.0 Å². The van der Waals surface area contributed by atoms with Gasteiger partial charge in [0, 0.05) is 39.2 Å². The van der Waals surface area contributed by atoms with Crippen LogP contribution in [0.25, 0.3) is 11.1 Å². The van der Waals surface area contributed by atoms with E-state index in [1.807, 2.05) is 13.8 Å². The molecule has 0 spiro atoms. The Bertz CT molecular complexity index is 1060. The summed E-state index contributed by atoms with van der Waals surface area (Å²) < 4.78 is 13.7. The van der Waals surface area contributed by atoms with Crippen molar-refractivity contribution in [2.24, 2.45) is 0 Å². The van der Waals surface area contributed by atoms with E-state index < -0.39 is 5.82 Å². The SMILES string of the molecule is Cc1ccc(SCc2c(C(C)C)nc(C(C)C)c(CO)c2-c2ccc(F)cc2O)cc1. The number of thioether (sulfide) groups is 1. The van der Waals surface area contributed by atoms with Crippen LogP contribution < -0.4 is 0 Å². The molecule has 0 saturated heterocycles. The fourth-order valence-corrected chi connectivity index (χ4v) is 4.73. The Morgan fingerprint density at radius 1 is 0.935 bits per heavy atom. The van der Waals surface area contributed by atoms with Crippen LogP contribution in [-0.4, -0.2) is 15.2 Å². The van der Waals surface area contributed by atoms with Crippen molar-refractivity contribution in [3.63, 3.8) is 0 Å². The van der Waals surface area contributed by atoms with Crippen molar-refractivity contribution in [2.45, 2.75) is 63.7 Å². The number of phenolic OH excluding ortho intramolecular Hbond substituents is 1. The van der Waals surface area contributed by atoms with Crippen LogP contribution in [0.3, 0.4) is 0 Å². The van der Waals surface area contributed by atoms with E-state index in [-0.39, 0.29) is 24.2 Å². The molecule has 2 N–H and O–H groups in total. The van der Waals surface area contributed by atoms with Gasteiger partial charge in [-0.05, 0) is 54.2 Å². The number of aromatic nitrogens is 1. The number of halogens is 1. The van der Waals surface area contributed by atoms with Crippen LogP contribution in [0.1, 0.15) is 67.6 Å². The summed E-state index contributed by atoms with van der Waals surface area (Å²) in [7, 11) is 0. The molecule has 0 fully saturated rings. The largest absolute Gasteiger partial charge is 0.507 e. The molecule has 3 nitrogen and oxygen atoms in total. The van der Waals surface area contributed by atoms with Gasteiger partial charge in [-0.3, -0.25) is 4.98 Å². The number of benzene rings is 2. The first-order chi connectivity index (χ1) is 14.7. The van der Waals surface area contributed by atoms with Crippen LogP contribution in [0.5, 0.6) is 5.75 Å². The van der Waals surface area contributed by atoms with Crippen molar-refractivity contribution < 1.29 is 14.6 Å². The molecule has 0 aliphatic rings. The maximum atomic E-state index is 13.7. The number of aliphatic hydroxyl groups is 1. The van der Waals surface area contributed by atoms with Crippen LogP contribution in [0.2, 0.25) is 0 Å². The molecule has 0 amide bonds. The summed E-state index contributed by atoms with van der Waals surface area (Å²) in [5.74, 6) is 0.248. The van der Waals surface area contributed by atoms with Crippen LogP contribution in [0.15, 0.2) is 47.4 Å². The predicted molar refractivity (Wildman–Crippen MR) is 126 cm³/mol. The molecule has 0 atom stereocenters. The number of rotatable bonds is 7. The van der Waals surface area contributed by atoms with E-state index in [4.69, 9.17) is 4.98 Å². The van der Waals surface area contributed by atoms with Gasteiger partial charge in [0.1, 0.15) is 11.6 Å². The minimum Gasteiger partial charge on any atom is -0.507 e. The van der Waals surface area contributed by atoms with E-state index in [1.165, 1.54) is 11.6 Å². The summed E-state index contributed by atoms with van der Waals surface area (Å²) in [6.07, 6.45) is 0.